The van der Waals surface area contributed by atoms with Gasteiger partial charge in [-0.15, -0.1) is 0 Å². The Kier molecular flexibility index (Phi) is 3.48. The topological polar surface area (TPSA) is 23.6 Å². The van der Waals surface area contributed by atoms with E-state index in [1.807, 2.05) is 58.5 Å². The maximum atomic E-state index is 12.7. The van der Waals surface area contributed by atoms with Crippen molar-refractivity contribution in [2.75, 3.05) is 28.2 Å². The first kappa shape index (κ1) is 11.4. The fraction of sp³-hybridized carbons (Fsp3) is 0.400. The molecule has 0 spiro atoms. The Labute approximate surface area is 85.8 Å². The number of rotatable bonds is 3. The first-order chi connectivity index (χ1) is 6.49. The summed E-state index contributed by atoms with van der Waals surface area (Å²) >= 11 is 0. The molecule has 0 N–H and O–H groups in total. The standard InChI is InChI=1S/C10H17N2OP/c1-11(2)14(13,12(3)4)10-8-6-5-7-9-10/h5-9H,1-4H3. The molecule has 0 atom stereocenters. The number of nitrogens with zero attached hydrogens (tertiary/aromatic N) is 2. The highest BCUT2D eigenvalue weighted by Crippen LogP contribution is 2.47. The van der Waals surface area contributed by atoms with Crippen molar-refractivity contribution in [3.8, 4) is 0 Å². The third-order valence-corrected chi connectivity index (χ3v) is 5.32. The van der Waals surface area contributed by atoms with E-state index in [9.17, 15) is 4.57 Å². The molecule has 0 bridgehead atoms. The summed E-state index contributed by atoms with van der Waals surface area (Å²) in [5.41, 5.74) is 0. The minimum atomic E-state index is -2.55. The van der Waals surface area contributed by atoms with Crippen LogP contribution in [0.2, 0.25) is 0 Å². The third kappa shape index (κ3) is 1.90. The Morgan fingerprint density at radius 1 is 0.929 bits per heavy atom. The molecule has 0 aromatic heterocycles. The van der Waals surface area contributed by atoms with E-state index in [0.29, 0.717) is 0 Å². The highest BCUT2D eigenvalue weighted by molar-refractivity contribution is 7.66. The molecule has 14 heavy (non-hydrogen) atoms. The van der Waals surface area contributed by atoms with E-state index in [0.717, 1.165) is 5.30 Å². The normalized spacial score (nSPS) is 12.4. The monoisotopic (exact) mass is 212 g/mol. The van der Waals surface area contributed by atoms with Gasteiger partial charge in [-0.1, -0.05) is 18.2 Å². The summed E-state index contributed by atoms with van der Waals surface area (Å²) in [6.45, 7) is 0. The Morgan fingerprint density at radius 2 is 1.36 bits per heavy atom. The molecule has 1 aromatic rings. The van der Waals surface area contributed by atoms with Gasteiger partial charge in [-0.05, 0) is 40.3 Å². The molecule has 0 heterocycles. The predicted octanol–water partition coefficient (Wildman–Crippen LogP) is 1.63. The minimum absolute atomic E-state index is 0.870. The first-order valence-electron chi connectivity index (χ1n) is 4.51. The molecule has 78 valence electrons. The number of hydrogen-bond donors (Lipinski definition) is 0. The zero-order chi connectivity index (χ0) is 10.8. The summed E-state index contributed by atoms with van der Waals surface area (Å²) in [6.07, 6.45) is 0. The van der Waals surface area contributed by atoms with Crippen molar-refractivity contribution in [2.24, 2.45) is 0 Å². The van der Waals surface area contributed by atoms with Crippen LogP contribution in [0, 0.1) is 0 Å². The third-order valence-electron chi connectivity index (χ3n) is 2.18. The van der Waals surface area contributed by atoms with E-state index in [-0.39, 0.29) is 0 Å². The molecule has 1 aromatic carbocycles. The van der Waals surface area contributed by atoms with Gasteiger partial charge in [-0.25, -0.2) is 9.34 Å². The van der Waals surface area contributed by atoms with Crippen LogP contribution in [-0.4, -0.2) is 37.5 Å². The summed E-state index contributed by atoms with van der Waals surface area (Å²) < 4.78 is 16.2. The molecule has 0 aliphatic heterocycles. The lowest BCUT2D eigenvalue weighted by molar-refractivity contribution is 0.460. The Hall–Kier alpha value is -0.630. The van der Waals surface area contributed by atoms with Gasteiger partial charge in [0.1, 0.15) is 0 Å². The van der Waals surface area contributed by atoms with Crippen LogP contribution >= 0.6 is 7.44 Å². The molecule has 0 aliphatic rings. The maximum Gasteiger partial charge on any atom is 0.244 e. The van der Waals surface area contributed by atoms with Gasteiger partial charge in [0, 0.05) is 5.30 Å². The molecule has 3 nitrogen and oxygen atoms in total. The number of hydrogen-bond acceptors (Lipinski definition) is 1. The average Bonchev–Trinajstić information content (AvgIpc) is 2.17. The van der Waals surface area contributed by atoms with Crippen molar-refractivity contribution in [3.05, 3.63) is 30.3 Å². The van der Waals surface area contributed by atoms with Gasteiger partial charge < -0.3 is 0 Å². The van der Waals surface area contributed by atoms with Gasteiger partial charge in [0.05, 0.1) is 0 Å². The van der Waals surface area contributed by atoms with Crippen LogP contribution in [0.4, 0.5) is 0 Å². The second-order valence-electron chi connectivity index (χ2n) is 3.57. The van der Waals surface area contributed by atoms with E-state index in [1.54, 1.807) is 9.34 Å². The molecular formula is C10H17N2OP. The summed E-state index contributed by atoms with van der Waals surface area (Å²) in [5.74, 6) is 0. The molecule has 1 rings (SSSR count). The first-order valence-corrected chi connectivity index (χ1v) is 6.12. The second kappa shape index (κ2) is 4.26. The molecule has 0 saturated carbocycles. The largest absolute Gasteiger partial charge is 0.284 e. The Morgan fingerprint density at radius 3 is 1.71 bits per heavy atom. The van der Waals surface area contributed by atoms with Crippen molar-refractivity contribution in [1.29, 1.82) is 0 Å². The zero-order valence-corrected chi connectivity index (χ0v) is 10.0. The van der Waals surface area contributed by atoms with Crippen LogP contribution in [-0.2, 0) is 4.57 Å². The van der Waals surface area contributed by atoms with Gasteiger partial charge in [0.15, 0.2) is 0 Å². The quantitative estimate of drug-likeness (QED) is 0.711. The highest BCUT2D eigenvalue weighted by atomic mass is 31.2. The fourth-order valence-electron chi connectivity index (χ4n) is 1.44. The Balaban J connectivity index is 3.21. The molecule has 0 fully saturated rings. The lowest BCUT2D eigenvalue weighted by atomic mass is 10.4. The van der Waals surface area contributed by atoms with Gasteiger partial charge in [-0.3, -0.25) is 4.57 Å². The highest BCUT2D eigenvalue weighted by Gasteiger charge is 2.29. The zero-order valence-electron chi connectivity index (χ0n) is 9.14. The number of benzene rings is 1. The summed E-state index contributed by atoms with van der Waals surface area (Å²) in [4.78, 5) is 0. The fourth-order valence-corrected chi connectivity index (χ4v) is 3.64. The van der Waals surface area contributed by atoms with Crippen LogP contribution < -0.4 is 5.30 Å². The summed E-state index contributed by atoms with van der Waals surface area (Å²) in [5, 5.41) is 0.870. The SMILES string of the molecule is CN(C)P(=O)(c1ccccc1)N(C)C. The lowest BCUT2D eigenvalue weighted by Crippen LogP contribution is -2.28. The van der Waals surface area contributed by atoms with Crippen molar-refractivity contribution in [2.45, 2.75) is 0 Å². The van der Waals surface area contributed by atoms with Crippen molar-refractivity contribution < 1.29 is 4.57 Å². The van der Waals surface area contributed by atoms with E-state index >= 15 is 0 Å². The van der Waals surface area contributed by atoms with Crippen molar-refractivity contribution in [3.63, 3.8) is 0 Å². The van der Waals surface area contributed by atoms with Crippen LogP contribution in [0.25, 0.3) is 0 Å². The molecule has 4 heteroatoms. The van der Waals surface area contributed by atoms with Crippen LogP contribution in [0.15, 0.2) is 30.3 Å². The summed E-state index contributed by atoms with van der Waals surface area (Å²) in [7, 11) is 4.82. The van der Waals surface area contributed by atoms with E-state index < -0.39 is 7.44 Å². The average molecular weight is 212 g/mol. The molecule has 0 aliphatic carbocycles. The lowest BCUT2D eigenvalue weighted by Gasteiger charge is -2.30. The molecule has 0 unspecified atom stereocenters. The van der Waals surface area contributed by atoms with Gasteiger partial charge >= 0.3 is 0 Å². The van der Waals surface area contributed by atoms with Gasteiger partial charge in [-0.2, -0.15) is 0 Å². The maximum absolute atomic E-state index is 12.7. The Bertz CT molecular complexity index is 323. The minimum Gasteiger partial charge on any atom is -0.284 e. The van der Waals surface area contributed by atoms with E-state index in [4.69, 9.17) is 0 Å². The van der Waals surface area contributed by atoms with E-state index in [1.165, 1.54) is 0 Å². The van der Waals surface area contributed by atoms with Crippen LogP contribution in [0.5, 0.6) is 0 Å². The van der Waals surface area contributed by atoms with E-state index in [2.05, 4.69) is 0 Å². The predicted molar refractivity (Wildman–Crippen MR) is 61.1 cm³/mol. The van der Waals surface area contributed by atoms with Crippen LogP contribution in [0.1, 0.15) is 0 Å². The van der Waals surface area contributed by atoms with Gasteiger partial charge in [0.2, 0.25) is 7.44 Å². The summed E-state index contributed by atoms with van der Waals surface area (Å²) in [6, 6.07) is 9.56. The molecule has 0 amide bonds. The van der Waals surface area contributed by atoms with Gasteiger partial charge in [0.25, 0.3) is 0 Å². The molecular weight excluding hydrogens is 195 g/mol. The van der Waals surface area contributed by atoms with Crippen LogP contribution in [0.3, 0.4) is 0 Å². The smallest absolute Gasteiger partial charge is 0.244 e. The van der Waals surface area contributed by atoms with Crippen molar-refractivity contribution >= 4 is 12.7 Å². The molecule has 0 radical (unpaired) electrons. The van der Waals surface area contributed by atoms with Crippen molar-refractivity contribution in [1.82, 2.24) is 9.34 Å². The second-order valence-corrected chi connectivity index (χ2v) is 6.78. The molecule has 0 saturated heterocycles.